The number of carbonyl (C=O) groups is 1. The molecule has 2 rings (SSSR count). The van der Waals surface area contributed by atoms with Crippen molar-refractivity contribution < 1.29 is 15.0 Å². The molecule has 0 fully saturated rings. The Balaban J connectivity index is 0.000000283. The van der Waals surface area contributed by atoms with Gasteiger partial charge < -0.3 is 10.2 Å². The van der Waals surface area contributed by atoms with Crippen LogP contribution in [-0.2, 0) is 0 Å². The lowest BCUT2D eigenvalue weighted by Gasteiger charge is -2.16. The summed E-state index contributed by atoms with van der Waals surface area (Å²) in [5, 5.41) is 19.2. The lowest BCUT2D eigenvalue weighted by atomic mass is 9.89. The molecule has 0 atom stereocenters. The maximum Gasteiger partial charge on any atom is 0.336 e. The van der Waals surface area contributed by atoms with Crippen LogP contribution >= 0.6 is 0 Å². The van der Waals surface area contributed by atoms with Gasteiger partial charge in [0, 0.05) is 0 Å². The number of phenolic OH excluding ortho intramolecular Hbond substituents is 1. The molecule has 2 aromatic rings. The number of para-hydroxylation sites is 1. The normalized spacial score (nSPS) is 11.1. The fraction of sp³-hybridized carbons (Fsp3) is 0.480. The van der Waals surface area contributed by atoms with Crippen LogP contribution in [0.25, 0.3) is 0 Å². The van der Waals surface area contributed by atoms with E-state index in [2.05, 4.69) is 27.7 Å². The first-order valence-electron chi connectivity index (χ1n) is 10.2. The monoisotopic (exact) mass is 384 g/mol. The summed E-state index contributed by atoms with van der Waals surface area (Å²) < 4.78 is 0. The van der Waals surface area contributed by atoms with E-state index in [0.29, 0.717) is 23.1 Å². The Morgan fingerprint density at radius 1 is 0.643 bits per heavy atom. The van der Waals surface area contributed by atoms with Crippen LogP contribution in [0.4, 0.5) is 0 Å². The van der Waals surface area contributed by atoms with Crippen LogP contribution in [0.1, 0.15) is 112 Å². The van der Waals surface area contributed by atoms with Gasteiger partial charge in [0.2, 0.25) is 0 Å². The molecule has 0 saturated carbocycles. The zero-order chi connectivity index (χ0) is 21.6. The molecular weight excluding hydrogens is 348 g/mol. The van der Waals surface area contributed by atoms with Gasteiger partial charge in [-0.25, -0.2) is 4.79 Å². The zero-order valence-corrected chi connectivity index (χ0v) is 18.6. The number of benzene rings is 2. The number of carboxylic acids is 1. The lowest BCUT2D eigenvalue weighted by molar-refractivity contribution is 0.0693. The fourth-order valence-corrected chi connectivity index (χ4v) is 3.31. The minimum atomic E-state index is -0.817. The van der Waals surface area contributed by atoms with Crippen LogP contribution in [0.2, 0.25) is 0 Å². The quantitative estimate of drug-likeness (QED) is 0.570. The Bertz CT molecular complexity index is 734. The largest absolute Gasteiger partial charge is 0.507 e. The first kappa shape index (κ1) is 23.7. The fourth-order valence-electron chi connectivity index (χ4n) is 3.31. The van der Waals surface area contributed by atoms with Crippen molar-refractivity contribution >= 4 is 5.97 Å². The molecule has 28 heavy (non-hydrogen) atoms. The van der Waals surface area contributed by atoms with Crippen LogP contribution in [0.3, 0.4) is 0 Å². The second kappa shape index (κ2) is 10.3. The van der Waals surface area contributed by atoms with Gasteiger partial charge in [-0.05, 0) is 45.9 Å². The van der Waals surface area contributed by atoms with E-state index in [1.165, 1.54) is 0 Å². The molecule has 154 valence electrons. The van der Waals surface area contributed by atoms with Gasteiger partial charge in [0.25, 0.3) is 0 Å². The van der Waals surface area contributed by atoms with E-state index in [4.69, 9.17) is 0 Å². The van der Waals surface area contributed by atoms with E-state index in [0.717, 1.165) is 22.3 Å². The van der Waals surface area contributed by atoms with Crippen LogP contribution in [0, 0.1) is 0 Å². The van der Waals surface area contributed by atoms with Gasteiger partial charge in [-0.3, -0.25) is 0 Å². The number of phenols is 1. The van der Waals surface area contributed by atoms with Crippen molar-refractivity contribution in [2.75, 3.05) is 0 Å². The molecule has 0 spiro atoms. The van der Waals surface area contributed by atoms with E-state index >= 15 is 0 Å². The summed E-state index contributed by atoms with van der Waals surface area (Å²) in [5.41, 5.74) is 4.43. The van der Waals surface area contributed by atoms with Gasteiger partial charge in [0.05, 0.1) is 5.56 Å². The Morgan fingerprint density at radius 2 is 0.929 bits per heavy atom. The molecule has 0 aliphatic rings. The lowest BCUT2D eigenvalue weighted by Crippen LogP contribution is -2.09. The predicted molar refractivity (Wildman–Crippen MR) is 118 cm³/mol. The average Bonchev–Trinajstić information content (AvgIpc) is 2.61. The number of aromatic hydroxyl groups is 1. The molecular formula is C25H36O3. The summed E-state index contributed by atoms with van der Waals surface area (Å²) in [6.45, 7) is 16.5. The summed E-state index contributed by atoms with van der Waals surface area (Å²) in [6, 6.07) is 11.7. The average molecular weight is 385 g/mol. The summed E-state index contributed by atoms with van der Waals surface area (Å²) in [6.07, 6.45) is 0. The maximum absolute atomic E-state index is 11.3. The SMILES string of the molecule is CC(C)c1cccc(C(C)C)c1C(=O)O.CC(C)c1cccc(C(C)C)c1O. The molecule has 3 heteroatoms. The molecule has 3 nitrogen and oxygen atoms in total. The minimum absolute atomic E-state index is 0.245. The highest BCUT2D eigenvalue weighted by molar-refractivity contribution is 5.91. The second-order valence-electron chi connectivity index (χ2n) is 8.52. The Kier molecular flexibility index (Phi) is 8.74. The summed E-state index contributed by atoms with van der Waals surface area (Å²) in [5.74, 6) is 0.928. The van der Waals surface area contributed by atoms with Crippen LogP contribution in [0.5, 0.6) is 5.75 Å². The van der Waals surface area contributed by atoms with Crippen LogP contribution < -0.4 is 0 Å². The molecule has 0 aliphatic heterocycles. The maximum atomic E-state index is 11.3. The standard InChI is InChI=1S/C13H18O2.C12H18O/c1-8(2)10-6-5-7-11(9(3)4)12(10)13(14)15;1-8(2)10-6-5-7-11(9(3)4)12(10)13/h5-9H,1-4H3,(H,14,15);5-9,13H,1-4H3. The zero-order valence-electron chi connectivity index (χ0n) is 18.6. The number of aromatic carboxylic acids is 1. The molecule has 0 aliphatic carbocycles. The highest BCUT2D eigenvalue weighted by atomic mass is 16.4. The van der Waals surface area contributed by atoms with Crippen molar-refractivity contribution in [3.63, 3.8) is 0 Å². The second-order valence-corrected chi connectivity index (χ2v) is 8.52. The smallest absolute Gasteiger partial charge is 0.336 e. The molecule has 0 bridgehead atoms. The van der Waals surface area contributed by atoms with E-state index in [1.54, 1.807) is 0 Å². The topological polar surface area (TPSA) is 57.5 Å². The van der Waals surface area contributed by atoms with Crippen molar-refractivity contribution in [1.82, 2.24) is 0 Å². The molecule has 0 amide bonds. The van der Waals surface area contributed by atoms with E-state index in [1.807, 2.05) is 64.1 Å². The third kappa shape index (κ3) is 5.85. The third-order valence-electron chi connectivity index (χ3n) is 4.93. The van der Waals surface area contributed by atoms with Crippen molar-refractivity contribution in [1.29, 1.82) is 0 Å². The van der Waals surface area contributed by atoms with Gasteiger partial charge >= 0.3 is 5.97 Å². The van der Waals surface area contributed by atoms with Crippen molar-refractivity contribution in [3.05, 3.63) is 64.2 Å². The molecule has 2 aromatic carbocycles. The minimum Gasteiger partial charge on any atom is -0.507 e. The Labute approximate surface area is 170 Å². The molecule has 0 aromatic heterocycles. The highest BCUT2D eigenvalue weighted by Gasteiger charge is 2.18. The molecule has 0 unspecified atom stereocenters. The third-order valence-corrected chi connectivity index (χ3v) is 4.93. The van der Waals surface area contributed by atoms with Crippen molar-refractivity contribution in [2.24, 2.45) is 0 Å². The van der Waals surface area contributed by atoms with Crippen molar-refractivity contribution in [2.45, 2.75) is 79.1 Å². The van der Waals surface area contributed by atoms with Crippen LogP contribution in [-0.4, -0.2) is 16.2 Å². The van der Waals surface area contributed by atoms with E-state index in [-0.39, 0.29) is 11.8 Å². The highest BCUT2D eigenvalue weighted by Crippen LogP contribution is 2.32. The van der Waals surface area contributed by atoms with Gasteiger partial charge in [0.15, 0.2) is 0 Å². The molecule has 2 N–H and O–H groups in total. The van der Waals surface area contributed by atoms with Gasteiger partial charge in [-0.1, -0.05) is 91.8 Å². The summed E-state index contributed by atoms with van der Waals surface area (Å²) in [7, 11) is 0. The Morgan fingerprint density at radius 3 is 1.18 bits per heavy atom. The van der Waals surface area contributed by atoms with Gasteiger partial charge in [-0.15, -0.1) is 0 Å². The van der Waals surface area contributed by atoms with Gasteiger partial charge in [0.1, 0.15) is 5.75 Å². The van der Waals surface area contributed by atoms with E-state index < -0.39 is 5.97 Å². The van der Waals surface area contributed by atoms with Gasteiger partial charge in [-0.2, -0.15) is 0 Å². The number of hydrogen-bond donors (Lipinski definition) is 2. The summed E-state index contributed by atoms with van der Waals surface area (Å²) in [4.78, 5) is 11.3. The predicted octanol–water partition coefficient (Wildman–Crippen LogP) is 7.27. The number of hydrogen-bond acceptors (Lipinski definition) is 2. The first-order chi connectivity index (χ1) is 13.0. The number of carboxylic acid groups (broad SMARTS) is 1. The van der Waals surface area contributed by atoms with E-state index in [9.17, 15) is 15.0 Å². The Hall–Kier alpha value is -2.29. The molecule has 0 radical (unpaired) electrons. The molecule has 0 heterocycles. The summed E-state index contributed by atoms with van der Waals surface area (Å²) >= 11 is 0. The first-order valence-corrected chi connectivity index (χ1v) is 10.2. The van der Waals surface area contributed by atoms with Crippen molar-refractivity contribution in [3.8, 4) is 5.75 Å². The number of rotatable bonds is 5. The molecule has 0 saturated heterocycles. The van der Waals surface area contributed by atoms with Crippen LogP contribution in [0.15, 0.2) is 36.4 Å².